The zero-order chi connectivity index (χ0) is 15.5. The van der Waals surface area contributed by atoms with Crippen LogP contribution in [0.2, 0.25) is 5.02 Å². The molecule has 0 spiro atoms. The van der Waals surface area contributed by atoms with Gasteiger partial charge in [0.25, 0.3) is 0 Å². The van der Waals surface area contributed by atoms with Gasteiger partial charge in [-0.2, -0.15) is 0 Å². The lowest BCUT2D eigenvalue weighted by atomic mass is 10.2. The van der Waals surface area contributed by atoms with E-state index in [-0.39, 0.29) is 0 Å². The summed E-state index contributed by atoms with van der Waals surface area (Å²) in [4.78, 5) is 6.42. The highest BCUT2D eigenvalue weighted by atomic mass is 35.5. The minimum absolute atomic E-state index is 0.611. The molecule has 4 nitrogen and oxygen atoms in total. The molecule has 0 fully saturated rings. The average Bonchev–Trinajstić information content (AvgIpc) is 3.08. The zero-order valence-corrected chi connectivity index (χ0v) is 13.3. The molecule has 0 atom stereocenters. The highest BCUT2D eigenvalue weighted by Crippen LogP contribution is 2.24. The SMILES string of the molecule is Cc1ccc(CN(C)Cc2ncc(-c3cccc(Cl)c3)o2)o1. The van der Waals surface area contributed by atoms with Crippen LogP contribution in [0, 0.1) is 6.92 Å². The summed E-state index contributed by atoms with van der Waals surface area (Å²) < 4.78 is 11.4. The number of halogens is 1. The van der Waals surface area contributed by atoms with Gasteiger partial charge in [0.05, 0.1) is 19.3 Å². The van der Waals surface area contributed by atoms with Crippen molar-refractivity contribution in [1.82, 2.24) is 9.88 Å². The monoisotopic (exact) mass is 316 g/mol. The van der Waals surface area contributed by atoms with Crippen molar-refractivity contribution < 1.29 is 8.83 Å². The second-order valence-electron chi connectivity index (χ2n) is 5.31. The smallest absolute Gasteiger partial charge is 0.209 e. The van der Waals surface area contributed by atoms with Gasteiger partial charge >= 0.3 is 0 Å². The first-order valence-electron chi connectivity index (χ1n) is 7.04. The minimum Gasteiger partial charge on any atom is -0.465 e. The molecule has 5 heteroatoms. The molecular weight excluding hydrogens is 300 g/mol. The molecule has 0 aliphatic carbocycles. The predicted molar refractivity (Wildman–Crippen MR) is 85.6 cm³/mol. The van der Waals surface area contributed by atoms with Gasteiger partial charge in [0.1, 0.15) is 11.5 Å². The number of hydrogen-bond donors (Lipinski definition) is 0. The second-order valence-corrected chi connectivity index (χ2v) is 5.75. The lowest BCUT2D eigenvalue weighted by Crippen LogP contribution is -2.16. The van der Waals surface area contributed by atoms with Crippen LogP contribution in [0.15, 0.2) is 51.4 Å². The topological polar surface area (TPSA) is 42.4 Å². The maximum absolute atomic E-state index is 6.00. The molecule has 0 N–H and O–H groups in total. The Morgan fingerprint density at radius 2 is 2.00 bits per heavy atom. The van der Waals surface area contributed by atoms with Gasteiger partial charge in [-0.25, -0.2) is 4.98 Å². The quantitative estimate of drug-likeness (QED) is 0.693. The molecule has 1 aromatic carbocycles. The van der Waals surface area contributed by atoms with E-state index < -0.39 is 0 Å². The fraction of sp³-hybridized carbons (Fsp3) is 0.235. The number of aromatic nitrogens is 1. The Bertz CT molecular complexity index is 763. The molecule has 3 aromatic rings. The van der Waals surface area contributed by atoms with Gasteiger partial charge in [-0.15, -0.1) is 0 Å². The summed E-state index contributed by atoms with van der Waals surface area (Å²) in [5, 5.41) is 0.681. The van der Waals surface area contributed by atoms with Crippen molar-refractivity contribution in [3.05, 3.63) is 65.0 Å². The maximum atomic E-state index is 6.00. The maximum Gasteiger partial charge on any atom is 0.209 e. The summed E-state index contributed by atoms with van der Waals surface area (Å²) in [6, 6.07) is 11.5. The first-order valence-corrected chi connectivity index (χ1v) is 7.42. The number of furan rings is 1. The van der Waals surface area contributed by atoms with Crippen LogP contribution < -0.4 is 0 Å². The number of hydrogen-bond acceptors (Lipinski definition) is 4. The third-order valence-corrected chi connectivity index (χ3v) is 3.52. The number of oxazole rings is 1. The third-order valence-electron chi connectivity index (χ3n) is 3.29. The Morgan fingerprint density at radius 1 is 1.14 bits per heavy atom. The van der Waals surface area contributed by atoms with Crippen LogP contribution in [0.4, 0.5) is 0 Å². The normalized spacial score (nSPS) is 11.3. The number of aryl methyl sites for hydroxylation is 1. The van der Waals surface area contributed by atoms with E-state index in [1.165, 1.54) is 0 Å². The second kappa shape index (κ2) is 6.38. The van der Waals surface area contributed by atoms with Crippen molar-refractivity contribution >= 4 is 11.6 Å². The summed E-state index contributed by atoms with van der Waals surface area (Å²) in [6.07, 6.45) is 1.73. The van der Waals surface area contributed by atoms with Gasteiger partial charge in [-0.3, -0.25) is 4.90 Å². The molecule has 0 unspecified atom stereocenters. The predicted octanol–water partition coefficient (Wildman–Crippen LogP) is 4.53. The van der Waals surface area contributed by atoms with Gasteiger partial charge in [-0.05, 0) is 38.2 Å². The van der Waals surface area contributed by atoms with Crippen LogP contribution >= 0.6 is 11.6 Å². The number of rotatable bonds is 5. The van der Waals surface area contributed by atoms with E-state index in [4.69, 9.17) is 20.4 Å². The summed E-state index contributed by atoms with van der Waals surface area (Å²) in [7, 11) is 2.00. The van der Waals surface area contributed by atoms with Crippen molar-refractivity contribution in [2.75, 3.05) is 7.05 Å². The van der Waals surface area contributed by atoms with Crippen LogP contribution in [-0.4, -0.2) is 16.9 Å². The lowest BCUT2D eigenvalue weighted by molar-refractivity contribution is 0.259. The van der Waals surface area contributed by atoms with Crippen molar-refractivity contribution in [3.63, 3.8) is 0 Å². The van der Waals surface area contributed by atoms with E-state index in [1.54, 1.807) is 6.20 Å². The van der Waals surface area contributed by atoms with Crippen molar-refractivity contribution in [2.45, 2.75) is 20.0 Å². The fourth-order valence-electron chi connectivity index (χ4n) is 2.28. The molecule has 0 aliphatic heterocycles. The Morgan fingerprint density at radius 3 is 2.73 bits per heavy atom. The van der Waals surface area contributed by atoms with E-state index in [9.17, 15) is 0 Å². The lowest BCUT2D eigenvalue weighted by Gasteiger charge is -2.12. The van der Waals surface area contributed by atoms with Crippen LogP contribution in [-0.2, 0) is 13.1 Å². The van der Waals surface area contributed by atoms with E-state index in [1.807, 2.05) is 50.4 Å². The van der Waals surface area contributed by atoms with E-state index in [2.05, 4.69) is 9.88 Å². The Hall–Kier alpha value is -2.04. The summed E-state index contributed by atoms with van der Waals surface area (Å²) in [6.45, 7) is 3.26. The standard InChI is InChI=1S/C17H17ClN2O2/c1-12-6-7-15(21-12)10-20(2)11-17-19-9-16(22-17)13-4-3-5-14(18)8-13/h3-9H,10-11H2,1-2H3. The fourth-order valence-corrected chi connectivity index (χ4v) is 2.47. The van der Waals surface area contributed by atoms with E-state index in [0.717, 1.165) is 22.8 Å². The van der Waals surface area contributed by atoms with Crippen LogP contribution in [0.3, 0.4) is 0 Å². The first kappa shape index (κ1) is 14.9. The van der Waals surface area contributed by atoms with Crippen molar-refractivity contribution in [1.29, 1.82) is 0 Å². The molecule has 3 rings (SSSR count). The van der Waals surface area contributed by atoms with Gasteiger partial charge in [0, 0.05) is 10.6 Å². The molecule has 22 heavy (non-hydrogen) atoms. The Balaban J connectivity index is 1.66. The zero-order valence-electron chi connectivity index (χ0n) is 12.5. The molecule has 0 saturated carbocycles. The van der Waals surface area contributed by atoms with Gasteiger partial charge in [0.15, 0.2) is 5.76 Å². The van der Waals surface area contributed by atoms with Gasteiger partial charge in [-0.1, -0.05) is 23.7 Å². The molecule has 0 aliphatic rings. The molecule has 0 radical (unpaired) electrons. The summed E-state index contributed by atoms with van der Waals surface area (Å²) in [5.74, 6) is 3.24. The number of benzene rings is 1. The molecule has 0 amide bonds. The molecule has 2 heterocycles. The first-order chi connectivity index (χ1) is 10.6. The molecule has 2 aromatic heterocycles. The highest BCUT2D eigenvalue weighted by Gasteiger charge is 2.10. The van der Waals surface area contributed by atoms with Gasteiger partial charge in [0.2, 0.25) is 5.89 Å². The average molecular weight is 317 g/mol. The Labute approximate surface area is 134 Å². The molecule has 0 bridgehead atoms. The van der Waals surface area contributed by atoms with Crippen molar-refractivity contribution in [3.8, 4) is 11.3 Å². The molecular formula is C17H17ClN2O2. The van der Waals surface area contributed by atoms with Crippen LogP contribution in [0.1, 0.15) is 17.4 Å². The van der Waals surface area contributed by atoms with E-state index >= 15 is 0 Å². The van der Waals surface area contributed by atoms with E-state index in [0.29, 0.717) is 24.0 Å². The molecule has 114 valence electrons. The third kappa shape index (κ3) is 3.59. The summed E-state index contributed by atoms with van der Waals surface area (Å²) >= 11 is 6.00. The number of nitrogens with zero attached hydrogens (tertiary/aromatic N) is 2. The highest BCUT2D eigenvalue weighted by molar-refractivity contribution is 6.30. The van der Waals surface area contributed by atoms with Gasteiger partial charge < -0.3 is 8.83 Å². The summed E-state index contributed by atoms with van der Waals surface area (Å²) in [5.41, 5.74) is 0.926. The minimum atomic E-state index is 0.611. The van der Waals surface area contributed by atoms with Crippen molar-refractivity contribution in [2.24, 2.45) is 0 Å². The molecule has 0 saturated heterocycles. The largest absolute Gasteiger partial charge is 0.465 e. The van der Waals surface area contributed by atoms with Crippen LogP contribution in [0.25, 0.3) is 11.3 Å². The van der Waals surface area contributed by atoms with Crippen LogP contribution in [0.5, 0.6) is 0 Å². The Kier molecular flexibility index (Phi) is 4.32.